The molecule has 5 nitrogen and oxygen atoms in total. The molecule has 2 N–H and O–H groups in total. The third-order valence-corrected chi connectivity index (χ3v) is 6.81. The average Bonchev–Trinajstić information content (AvgIpc) is 2.85. The lowest BCUT2D eigenvalue weighted by molar-refractivity contribution is -0.0196. The number of nitrogens with zero attached hydrogens (tertiary/aromatic N) is 2. The molecule has 3 unspecified atom stereocenters. The topological polar surface area (TPSA) is 67.3 Å². The molecule has 2 aromatic heterocycles. The van der Waals surface area contributed by atoms with Crippen LogP contribution in [-0.4, -0.2) is 34.3 Å². The Morgan fingerprint density at radius 1 is 1.12 bits per heavy atom. The zero-order chi connectivity index (χ0) is 22.8. The molecule has 1 aliphatic rings. The summed E-state index contributed by atoms with van der Waals surface area (Å²) >= 11 is 6.21. The van der Waals surface area contributed by atoms with Gasteiger partial charge in [0.15, 0.2) is 0 Å². The maximum Gasteiger partial charge on any atom is 0.217 e. The van der Waals surface area contributed by atoms with E-state index in [9.17, 15) is 5.11 Å². The Morgan fingerprint density at radius 3 is 2.70 bits per heavy atom. The Morgan fingerprint density at radius 2 is 1.94 bits per heavy atom. The van der Waals surface area contributed by atoms with Crippen molar-refractivity contribution in [3.63, 3.8) is 0 Å². The van der Waals surface area contributed by atoms with E-state index in [1.54, 1.807) is 13.3 Å². The number of fused-ring (bicyclic) bond motifs is 1. The zero-order valence-corrected chi connectivity index (χ0v) is 19.2. The van der Waals surface area contributed by atoms with E-state index in [4.69, 9.17) is 21.3 Å². The maximum atomic E-state index is 12.3. The molecule has 0 spiro atoms. The molecule has 1 saturated heterocycles. The first-order valence-corrected chi connectivity index (χ1v) is 11.5. The highest BCUT2D eigenvalue weighted by Gasteiger charge is 2.44. The number of piperidine rings is 1. The lowest BCUT2D eigenvalue weighted by Gasteiger charge is -2.43. The van der Waals surface area contributed by atoms with E-state index in [-0.39, 0.29) is 12.0 Å². The number of aliphatic hydroxyl groups is 1. The van der Waals surface area contributed by atoms with Crippen LogP contribution in [0.2, 0.25) is 5.02 Å². The van der Waals surface area contributed by atoms with Gasteiger partial charge in [-0.1, -0.05) is 48.0 Å². The van der Waals surface area contributed by atoms with E-state index < -0.39 is 5.60 Å². The van der Waals surface area contributed by atoms with Crippen molar-refractivity contribution in [3.05, 3.63) is 101 Å². The first-order valence-electron chi connectivity index (χ1n) is 11.1. The summed E-state index contributed by atoms with van der Waals surface area (Å²) in [6.07, 6.45) is 4.74. The number of methoxy groups -OCH3 is 1. The van der Waals surface area contributed by atoms with Gasteiger partial charge in [0.2, 0.25) is 5.88 Å². The van der Waals surface area contributed by atoms with E-state index in [1.165, 1.54) is 0 Å². The number of aromatic nitrogens is 2. The number of nitrogens with one attached hydrogen (secondary N) is 1. The second-order valence-electron chi connectivity index (χ2n) is 8.61. The van der Waals surface area contributed by atoms with E-state index in [1.807, 2.05) is 66.9 Å². The summed E-state index contributed by atoms with van der Waals surface area (Å²) in [4.78, 5) is 9.05. The monoisotopic (exact) mass is 459 g/mol. The molecule has 3 heterocycles. The van der Waals surface area contributed by atoms with Crippen molar-refractivity contribution in [3.8, 4) is 5.88 Å². The highest BCUT2D eigenvalue weighted by Crippen LogP contribution is 2.47. The van der Waals surface area contributed by atoms with Crippen molar-refractivity contribution in [2.75, 3.05) is 13.7 Å². The minimum absolute atomic E-state index is 0.00772. The number of ether oxygens (including phenoxy) is 1. The molecular weight excluding hydrogens is 434 g/mol. The fraction of sp³-hybridized carbons (Fsp3) is 0.259. The van der Waals surface area contributed by atoms with E-state index >= 15 is 0 Å². The van der Waals surface area contributed by atoms with Crippen LogP contribution in [0.3, 0.4) is 0 Å². The van der Waals surface area contributed by atoms with Gasteiger partial charge in [0, 0.05) is 40.3 Å². The Hall–Kier alpha value is -2.99. The number of pyridine rings is 2. The Kier molecular flexibility index (Phi) is 6.02. The Labute approximate surface area is 198 Å². The second kappa shape index (κ2) is 9.10. The van der Waals surface area contributed by atoms with E-state index in [2.05, 4.69) is 16.4 Å². The van der Waals surface area contributed by atoms with Crippen LogP contribution in [0.1, 0.15) is 41.5 Å². The van der Waals surface area contributed by atoms with Crippen molar-refractivity contribution in [2.45, 2.75) is 30.4 Å². The molecule has 6 heteroatoms. The van der Waals surface area contributed by atoms with Crippen LogP contribution in [0.15, 0.2) is 79.1 Å². The summed E-state index contributed by atoms with van der Waals surface area (Å²) in [5.41, 5.74) is 2.74. The number of hydrogen-bond acceptors (Lipinski definition) is 5. The van der Waals surface area contributed by atoms with Gasteiger partial charge < -0.3 is 15.2 Å². The van der Waals surface area contributed by atoms with Crippen LogP contribution in [0.5, 0.6) is 5.88 Å². The molecule has 0 bridgehead atoms. The van der Waals surface area contributed by atoms with E-state index in [0.29, 0.717) is 30.3 Å². The highest BCUT2D eigenvalue weighted by molar-refractivity contribution is 6.30. The molecule has 33 heavy (non-hydrogen) atoms. The van der Waals surface area contributed by atoms with Crippen LogP contribution in [0.4, 0.5) is 0 Å². The third-order valence-electron chi connectivity index (χ3n) is 6.55. The molecule has 1 fully saturated rings. The summed E-state index contributed by atoms with van der Waals surface area (Å²) in [5.74, 6) is 0.182. The van der Waals surface area contributed by atoms with E-state index in [0.717, 1.165) is 27.6 Å². The minimum Gasteiger partial charge on any atom is -0.481 e. The first-order chi connectivity index (χ1) is 16.1. The molecule has 5 rings (SSSR count). The first kappa shape index (κ1) is 21.8. The van der Waals surface area contributed by atoms with Crippen molar-refractivity contribution < 1.29 is 9.84 Å². The van der Waals surface area contributed by atoms with Crippen molar-refractivity contribution in [1.29, 1.82) is 0 Å². The van der Waals surface area contributed by atoms with Crippen molar-refractivity contribution >= 4 is 22.5 Å². The van der Waals surface area contributed by atoms with Gasteiger partial charge in [-0.2, -0.15) is 0 Å². The van der Waals surface area contributed by atoms with Gasteiger partial charge in [-0.05, 0) is 60.8 Å². The number of halogens is 1. The fourth-order valence-corrected chi connectivity index (χ4v) is 5.12. The molecule has 1 aliphatic heterocycles. The minimum atomic E-state index is -1.03. The molecular formula is C27H26ClN3O2. The van der Waals surface area contributed by atoms with Crippen molar-refractivity contribution in [1.82, 2.24) is 15.3 Å². The largest absolute Gasteiger partial charge is 0.481 e. The zero-order valence-electron chi connectivity index (χ0n) is 18.4. The number of hydrogen-bond donors (Lipinski definition) is 2. The van der Waals surface area contributed by atoms with Gasteiger partial charge in [-0.25, -0.2) is 4.98 Å². The molecule has 0 amide bonds. The van der Waals surface area contributed by atoms with Crippen LogP contribution < -0.4 is 10.1 Å². The summed E-state index contributed by atoms with van der Waals surface area (Å²) in [6, 6.07) is 21.7. The molecule has 0 saturated carbocycles. The fourth-order valence-electron chi connectivity index (χ4n) is 4.99. The van der Waals surface area contributed by atoms with Crippen molar-refractivity contribution in [2.24, 2.45) is 0 Å². The Bertz CT molecular complexity index is 1250. The van der Waals surface area contributed by atoms with Crippen LogP contribution >= 0.6 is 11.6 Å². The predicted octanol–water partition coefficient (Wildman–Crippen LogP) is 5.28. The highest BCUT2D eigenvalue weighted by atomic mass is 35.5. The number of rotatable bonds is 5. The summed E-state index contributed by atoms with van der Waals surface area (Å²) in [7, 11) is 1.63. The van der Waals surface area contributed by atoms with Gasteiger partial charge in [0.25, 0.3) is 0 Å². The summed E-state index contributed by atoms with van der Waals surface area (Å²) in [5, 5.41) is 17.5. The molecule has 2 aromatic carbocycles. The summed E-state index contributed by atoms with van der Waals surface area (Å²) in [6.45, 7) is 0.684. The van der Waals surface area contributed by atoms with Gasteiger partial charge >= 0.3 is 0 Å². The normalized spacial score (nSPS) is 21.6. The van der Waals surface area contributed by atoms with Gasteiger partial charge in [0.05, 0.1) is 18.2 Å². The Balaban J connectivity index is 1.65. The smallest absolute Gasteiger partial charge is 0.217 e. The predicted molar refractivity (Wildman–Crippen MR) is 131 cm³/mol. The van der Waals surface area contributed by atoms with Crippen LogP contribution in [0, 0.1) is 0 Å². The standard InChI is InChI=1S/C27H26ClN3O2/c1-33-26-22(15-19-5-2-3-7-23(19)31-26)25(18-8-10-21(28)11-9-18)27(32)12-14-30-24(16-27)20-6-4-13-29-17-20/h2-11,13,15,17,24-25,30,32H,12,14,16H2,1H3. The number of benzene rings is 2. The second-order valence-corrected chi connectivity index (χ2v) is 9.05. The quantitative estimate of drug-likeness (QED) is 0.425. The summed E-state index contributed by atoms with van der Waals surface area (Å²) < 4.78 is 5.75. The average molecular weight is 460 g/mol. The molecule has 168 valence electrons. The van der Waals surface area contributed by atoms with Crippen LogP contribution in [-0.2, 0) is 0 Å². The van der Waals surface area contributed by atoms with Gasteiger partial charge in [-0.15, -0.1) is 0 Å². The SMILES string of the molecule is COc1nc2ccccc2cc1C(c1ccc(Cl)cc1)C1(O)CCNC(c2cccnc2)C1. The number of para-hydroxylation sites is 1. The molecule has 0 aliphatic carbocycles. The maximum absolute atomic E-state index is 12.3. The third kappa shape index (κ3) is 4.32. The lowest BCUT2D eigenvalue weighted by Crippen LogP contribution is -2.48. The molecule has 0 radical (unpaired) electrons. The molecule has 3 atom stereocenters. The van der Waals surface area contributed by atoms with Gasteiger partial charge in [-0.3, -0.25) is 4.98 Å². The van der Waals surface area contributed by atoms with Gasteiger partial charge in [0.1, 0.15) is 0 Å². The lowest BCUT2D eigenvalue weighted by atomic mass is 9.70. The van der Waals surface area contributed by atoms with Crippen LogP contribution in [0.25, 0.3) is 10.9 Å². The molecule has 4 aromatic rings.